The molecule has 0 spiro atoms. The van der Waals surface area contributed by atoms with E-state index in [0.29, 0.717) is 5.56 Å². The van der Waals surface area contributed by atoms with Gasteiger partial charge in [-0.3, -0.25) is 0 Å². The van der Waals surface area contributed by atoms with Gasteiger partial charge in [0.25, 0.3) is 6.08 Å². The number of hydrogen-bond donors (Lipinski definition) is 0. The molecule has 0 saturated carbocycles. The van der Waals surface area contributed by atoms with Crippen LogP contribution in [0, 0.1) is 0 Å². The van der Waals surface area contributed by atoms with Crippen molar-refractivity contribution in [1.82, 2.24) is 5.16 Å². The van der Waals surface area contributed by atoms with Crippen molar-refractivity contribution in [3.05, 3.63) is 30.2 Å². The molecule has 1 rings (SSSR count). The average molecular weight is 145 g/mol. The number of hydrogen-bond acceptors (Lipinski definition) is 2. The van der Waals surface area contributed by atoms with Crippen molar-refractivity contribution in [2.24, 2.45) is 0 Å². The maximum absolute atomic E-state index is 11.4. The van der Waals surface area contributed by atoms with Crippen molar-refractivity contribution < 1.29 is 13.3 Å². The monoisotopic (exact) mass is 145 g/mol. The molecular formula is C6H5F2NO. The number of allylic oxidation sites excluding steroid dienone is 1. The van der Waals surface area contributed by atoms with Crippen molar-refractivity contribution in [2.75, 3.05) is 0 Å². The zero-order chi connectivity index (χ0) is 7.40. The Morgan fingerprint density at radius 1 is 1.70 bits per heavy atom. The molecule has 0 atom stereocenters. The van der Waals surface area contributed by atoms with Crippen molar-refractivity contribution in [3.8, 4) is 0 Å². The van der Waals surface area contributed by atoms with E-state index in [1.165, 1.54) is 12.5 Å². The fourth-order valence-corrected chi connectivity index (χ4v) is 0.523. The number of halogens is 2. The fourth-order valence-electron chi connectivity index (χ4n) is 0.523. The van der Waals surface area contributed by atoms with E-state index in [9.17, 15) is 8.78 Å². The van der Waals surface area contributed by atoms with Crippen LogP contribution < -0.4 is 0 Å². The van der Waals surface area contributed by atoms with Crippen LogP contribution in [0.2, 0.25) is 0 Å². The summed E-state index contributed by atoms with van der Waals surface area (Å²) in [7, 11) is 0. The fraction of sp³-hybridized carbons (Fsp3) is 0.167. The van der Waals surface area contributed by atoms with Gasteiger partial charge in [-0.15, -0.1) is 0 Å². The van der Waals surface area contributed by atoms with Gasteiger partial charge in [0.15, 0.2) is 0 Å². The predicted octanol–water partition coefficient (Wildman–Crippen LogP) is 2.00. The Kier molecular flexibility index (Phi) is 2.15. The molecule has 0 N–H and O–H groups in total. The summed E-state index contributed by atoms with van der Waals surface area (Å²) in [6.07, 6.45) is 2.04. The third-order valence-corrected chi connectivity index (χ3v) is 0.976. The van der Waals surface area contributed by atoms with E-state index in [4.69, 9.17) is 0 Å². The smallest absolute Gasteiger partial charge is 0.266 e. The number of aromatic nitrogens is 1. The Labute approximate surface area is 56.1 Å². The lowest BCUT2D eigenvalue weighted by molar-refractivity contribution is 0.416. The summed E-state index contributed by atoms with van der Waals surface area (Å²) in [5.41, 5.74) is 0.646. The summed E-state index contributed by atoms with van der Waals surface area (Å²) in [5, 5.41) is 3.35. The van der Waals surface area contributed by atoms with Crippen LogP contribution in [0.3, 0.4) is 0 Å². The molecule has 0 saturated heterocycles. The summed E-state index contributed by atoms with van der Waals surface area (Å²) in [6.45, 7) is 0. The number of rotatable bonds is 2. The third-order valence-electron chi connectivity index (χ3n) is 0.976. The Hall–Kier alpha value is -1.19. The molecule has 0 aliphatic carbocycles. The molecule has 0 radical (unpaired) electrons. The van der Waals surface area contributed by atoms with Crippen molar-refractivity contribution in [1.29, 1.82) is 0 Å². The molecule has 1 heterocycles. The maximum atomic E-state index is 11.4. The second-order valence-corrected chi connectivity index (χ2v) is 1.73. The lowest BCUT2D eigenvalue weighted by Gasteiger charge is -1.81. The topological polar surface area (TPSA) is 26.0 Å². The highest BCUT2D eigenvalue weighted by Gasteiger charge is 1.93. The first-order valence-corrected chi connectivity index (χ1v) is 2.68. The first-order valence-electron chi connectivity index (χ1n) is 2.68. The van der Waals surface area contributed by atoms with E-state index in [-0.39, 0.29) is 6.42 Å². The molecule has 0 unspecified atom stereocenters. The molecule has 4 heteroatoms. The summed E-state index contributed by atoms with van der Waals surface area (Å²) < 4.78 is 27.3. The molecule has 10 heavy (non-hydrogen) atoms. The van der Waals surface area contributed by atoms with Gasteiger partial charge in [-0.05, 0) is 6.08 Å². The van der Waals surface area contributed by atoms with Crippen LogP contribution >= 0.6 is 0 Å². The van der Waals surface area contributed by atoms with Crippen molar-refractivity contribution in [3.63, 3.8) is 0 Å². The van der Waals surface area contributed by atoms with Gasteiger partial charge in [0.2, 0.25) is 0 Å². The second-order valence-electron chi connectivity index (χ2n) is 1.73. The standard InChI is InChI=1S/C6H5F2NO/c7-6(8)2-1-5-3-9-10-4-5/h2-4H,1H2. The highest BCUT2D eigenvalue weighted by Crippen LogP contribution is 2.03. The lowest BCUT2D eigenvalue weighted by atomic mass is 10.3. The lowest BCUT2D eigenvalue weighted by Crippen LogP contribution is -1.74. The molecule has 0 aliphatic heterocycles. The van der Waals surface area contributed by atoms with Gasteiger partial charge >= 0.3 is 0 Å². The minimum atomic E-state index is -1.68. The Morgan fingerprint density at radius 2 is 2.50 bits per heavy atom. The van der Waals surface area contributed by atoms with Crippen molar-refractivity contribution >= 4 is 0 Å². The molecule has 0 fully saturated rings. The Morgan fingerprint density at radius 3 is 3.00 bits per heavy atom. The van der Waals surface area contributed by atoms with E-state index in [2.05, 4.69) is 9.68 Å². The van der Waals surface area contributed by atoms with E-state index >= 15 is 0 Å². The van der Waals surface area contributed by atoms with Gasteiger partial charge in [-0.1, -0.05) is 5.16 Å². The summed E-state index contributed by atoms with van der Waals surface area (Å²) in [6, 6.07) is 0. The zero-order valence-electron chi connectivity index (χ0n) is 5.05. The summed E-state index contributed by atoms with van der Waals surface area (Å²) in [5.74, 6) is 0. The molecule has 0 amide bonds. The highest BCUT2D eigenvalue weighted by atomic mass is 19.3. The van der Waals surface area contributed by atoms with E-state index in [0.717, 1.165) is 6.08 Å². The quantitative estimate of drug-likeness (QED) is 0.636. The van der Waals surface area contributed by atoms with Crippen LogP contribution in [0.15, 0.2) is 29.1 Å². The minimum Gasteiger partial charge on any atom is -0.364 e. The van der Waals surface area contributed by atoms with Gasteiger partial charge in [0.1, 0.15) is 6.26 Å². The van der Waals surface area contributed by atoms with Gasteiger partial charge in [0, 0.05) is 12.0 Å². The van der Waals surface area contributed by atoms with Crippen LogP contribution in [0.25, 0.3) is 0 Å². The van der Waals surface area contributed by atoms with Gasteiger partial charge in [0.05, 0.1) is 6.20 Å². The summed E-state index contributed by atoms with van der Waals surface area (Å²) in [4.78, 5) is 0. The molecule has 1 aromatic rings. The largest absolute Gasteiger partial charge is 0.364 e. The van der Waals surface area contributed by atoms with Crippen LogP contribution in [-0.4, -0.2) is 5.16 Å². The predicted molar refractivity (Wildman–Crippen MR) is 30.5 cm³/mol. The first kappa shape index (κ1) is 6.92. The van der Waals surface area contributed by atoms with Crippen LogP contribution in [0.1, 0.15) is 5.56 Å². The molecule has 0 aliphatic rings. The van der Waals surface area contributed by atoms with Crippen LogP contribution in [0.4, 0.5) is 8.78 Å². The van der Waals surface area contributed by atoms with E-state index in [1.807, 2.05) is 0 Å². The highest BCUT2D eigenvalue weighted by molar-refractivity contribution is 5.06. The minimum absolute atomic E-state index is 0.172. The van der Waals surface area contributed by atoms with Crippen molar-refractivity contribution in [2.45, 2.75) is 6.42 Å². The summed E-state index contributed by atoms with van der Waals surface area (Å²) >= 11 is 0. The Bertz CT molecular complexity index is 214. The average Bonchev–Trinajstić information content (AvgIpc) is 2.34. The zero-order valence-corrected chi connectivity index (χ0v) is 5.05. The normalized spacial score (nSPS) is 9.40. The first-order chi connectivity index (χ1) is 4.79. The molecule has 1 aromatic heterocycles. The maximum Gasteiger partial charge on any atom is 0.266 e. The van der Waals surface area contributed by atoms with Crippen LogP contribution in [0.5, 0.6) is 0 Å². The van der Waals surface area contributed by atoms with E-state index in [1.54, 1.807) is 0 Å². The van der Waals surface area contributed by atoms with Crippen LogP contribution in [-0.2, 0) is 6.42 Å². The molecule has 0 aromatic carbocycles. The van der Waals surface area contributed by atoms with Gasteiger partial charge < -0.3 is 4.52 Å². The molecular weight excluding hydrogens is 140 g/mol. The van der Waals surface area contributed by atoms with E-state index < -0.39 is 6.08 Å². The third kappa shape index (κ3) is 1.97. The Balaban J connectivity index is 2.49. The SMILES string of the molecule is FC(F)=CCc1cnoc1. The van der Waals surface area contributed by atoms with Gasteiger partial charge in [-0.2, -0.15) is 8.78 Å². The molecule has 2 nitrogen and oxygen atoms in total. The number of nitrogens with zero attached hydrogens (tertiary/aromatic N) is 1. The second kappa shape index (κ2) is 3.10. The molecule has 0 bridgehead atoms. The molecule has 54 valence electrons. The van der Waals surface area contributed by atoms with Gasteiger partial charge in [-0.25, -0.2) is 0 Å².